The zero-order valence-corrected chi connectivity index (χ0v) is 14.9. The maximum atomic E-state index is 12.9. The van der Waals surface area contributed by atoms with Crippen molar-refractivity contribution in [2.24, 2.45) is 5.92 Å². The molecule has 2 aliphatic rings. The first-order chi connectivity index (χ1) is 12.0. The lowest BCUT2D eigenvalue weighted by Gasteiger charge is -2.47. The monoisotopic (exact) mass is 346 g/mol. The van der Waals surface area contributed by atoms with Crippen LogP contribution in [0.2, 0.25) is 0 Å². The summed E-state index contributed by atoms with van der Waals surface area (Å²) in [5.74, 6) is 1.13. The third kappa shape index (κ3) is 3.66. The lowest BCUT2D eigenvalue weighted by molar-refractivity contribution is -0.140. The molecule has 2 fully saturated rings. The number of fused-ring (bicyclic) bond motifs is 1. The molecule has 2 atom stereocenters. The molecule has 25 heavy (non-hydrogen) atoms. The molecule has 1 N–H and O–H groups in total. The summed E-state index contributed by atoms with van der Waals surface area (Å²) in [4.78, 5) is 37.3. The van der Waals surface area contributed by atoms with Gasteiger partial charge in [-0.2, -0.15) is 0 Å². The Morgan fingerprint density at radius 1 is 1.36 bits per heavy atom. The minimum absolute atomic E-state index is 0.0187. The second kappa shape index (κ2) is 7.47. The van der Waals surface area contributed by atoms with Crippen LogP contribution in [-0.2, 0) is 4.79 Å². The Bertz CT molecular complexity index is 664. The van der Waals surface area contributed by atoms with Gasteiger partial charge in [-0.3, -0.25) is 9.59 Å². The molecule has 2 aliphatic heterocycles. The van der Waals surface area contributed by atoms with Crippen molar-refractivity contribution in [2.75, 3.05) is 26.2 Å². The van der Waals surface area contributed by atoms with Crippen molar-refractivity contribution in [1.29, 1.82) is 0 Å². The van der Waals surface area contributed by atoms with Crippen LogP contribution >= 0.6 is 0 Å². The van der Waals surface area contributed by atoms with E-state index in [1.54, 1.807) is 6.20 Å². The van der Waals surface area contributed by atoms with Crippen LogP contribution in [0.3, 0.4) is 0 Å². The molecule has 0 bridgehead atoms. The number of nitrogens with zero attached hydrogens (tertiary/aromatic N) is 4. The molecule has 3 rings (SSSR count). The maximum Gasteiger partial charge on any atom is 0.257 e. The fourth-order valence-electron chi connectivity index (χ4n) is 4.03. The highest BCUT2D eigenvalue weighted by atomic mass is 16.3. The minimum atomic E-state index is -0.0187. The quantitative estimate of drug-likeness (QED) is 0.876. The van der Waals surface area contributed by atoms with Crippen LogP contribution in [0.25, 0.3) is 0 Å². The number of amides is 2. The fraction of sp³-hybridized carbons (Fsp3) is 0.667. The summed E-state index contributed by atoms with van der Waals surface area (Å²) in [5.41, 5.74) is 1.27. The number of rotatable bonds is 4. The Hall–Kier alpha value is -2.02. The number of aliphatic hydroxyl groups is 1. The van der Waals surface area contributed by atoms with E-state index in [9.17, 15) is 9.59 Å². The van der Waals surface area contributed by atoms with E-state index in [2.05, 4.69) is 9.97 Å². The van der Waals surface area contributed by atoms with Crippen molar-refractivity contribution >= 4 is 11.8 Å². The standard InChI is InChI=1S/C18H26N4O3/c1-12-15(10-19-13(2)20-12)18(25)21-8-6-16-14(11-21)4-5-17(24)22(16)7-3-9-23/h10,14,16,23H,3-9,11H2,1-2H3. The van der Waals surface area contributed by atoms with Crippen LogP contribution in [0.15, 0.2) is 6.20 Å². The van der Waals surface area contributed by atoms with Crippen LogP contribution in [0, 0.1) is 19.8 Å². The van der Waals surface area contributed by atoms with Gasteiger partial charge in [0.1, 0.15) is 5.82 Å². The maximum absolute atomic E-state index is 12.9. The van der Waals surface area contributed by atoms with Gasteiger partial charge >= 0.3 is 0 Å². The number of hydrogen-bond acceptors (Lipinski definition) is 5. The smallest absolute Gasteiger partial charge is 0.257 e. The van der Waals surface area contributed by atoms with Gasteiger partial charge < -0.3 is 14.9 Å². The molecule has 0 spiro atoms. The normalized spacial score (nSPS) is 23.6. The third-order valence-electron chi connectivity index (χ3n) is 5.32. The highest BCUT2D eigenvalue weighted by Gasteiger charge is 2.40. The first-order valence-electron chi connectivity index (χ1n) is 9.01. The zero-order valence-electron chi connectivity index (χ0n) is 14.9. The number of aromatic nitrogens is 2. The second-order valence-electron chi connectivity index (χ2n) is 6.99. The summed E-state index contributed by atoms with van der Waals surface area (Å²) in [6.45, 7) is 5.65. The van der Waals surface area contributed by atoms with Crippen molar-refractivity contribution < 1.29 is 14.7 Å². The highest BCUT2D eigenvalue weighted by Crippen LogP contribution is 2.32. The molecule has 3 heterocycles. The number of hydrogen-bond donors (Lipinski definition) is 1. The molecule has 0 radical (unpaired) electrons. The van der Waals surface area contributed by atoms with Crippen molar-refractivity contribution in [3.05, 3.63) is 23.3 Å². The van der Waals surface area contributed by atoms with Gasteiger partial charge in [0.25, 0.3) is 5.91 Å². The van der Waals surface area contributed by atoms with E-state index in [1.165, 1.54) is 0 Å². The molecule has 7 heteroatoms. The molecule has 7 nitrogen and oxygen atoms in total. The van der Waals surface area contributed by atoms with Crippen molar-refractivity contribution in [1.82, 2.24) is 19.8 Å². The van der Waals surface area contributed by atoms with Crippen LogP contribution in [0.1, 0.15) is 47.6 Å². The molecule has 2 amide bonds. The number of piperidine rings is 2. The summed E-state index contributed by atoms with van der Waals surface area (Å²) in [6, 6.07) is 0.187. The number of aryl methyl sites for hydroxylation is 2. The minimum Gasteiger partial charge on any atom is -0.396 e. The van der Waals surface area contributed by atoms with Gasteiger partial charge in [0.2, 0.25) is 5.91 Å². The summed E-state index contributed by atoms with van der Waals surface area (Å²) in [7, 11) is 0. The average molecular weight is 346 g/mol. The number of carbonyl (C=O) groups is 2. The predicted molar refractivity (Wildman–Crippen MR) is 92.0 cm³/mol. The highest BCUT2D eigenvalue weighted by molar-refractivity contribution is 5.95. The lowest BCUT2D eigenvalue weighted by Crippen LogP contribution is -2.57. The van der Waals surface area contributed by atoms with E-state index in [1.807, 2.05) is 23.6 Å². The Morgan fingerprint density at radius 2 is 2.16 bits per heavy atom. The zero-order chi connectivity index (χ0) is 18.0. The first kappa shape index (κ1) is 17.8. The van der Waals surface area contributed by atoms with Crippen LogP contribution in [0.4, 0.5) is 0 Å². The van der Waals surface area contributed by atoms with Crippen molar-refractivity contribution in [2.45, 2.75) is 45.6 Å². The van der Waals surface area contributed by atoms with Gasteiger partial charge in [0.15, 0.2) is 0 Å². The Morgan fingerprint density at radius 3 is 2.88 bits per heavy atom. The van der Waals surface area contributed by atoms with Gasteiger partial charge in [-0.15, -0.1) is 0 Å². The molecule has 2 saturated heterocycles. The topological polar surface area (TPSA) is 86.6 Å². The van der Waals surface area contributed by atoms with Gasteiger partial charge in [0, 0.05) is 44.9 Å². The molecule has 0 aromatic carbocycles. The molecule has 2 unspecified atom stereocenters. The van der Waals surface area contributed by atoms with Gasteiger partial charge in [-0.05, 0) is 39.0 Å². The first-order valence-corrected chi connectivity index (χ1v) is 9.01. The van der Waals surface area contributed by atoms with Crippen LogP contribution in [0.5, 0.6) is 0 Å². The van der Waals surface area contributed by atoms with Crippen molar-refractivity contribution in [3.8, 4) is 0 Å². The largest absolute Gasteiger partial charge is 0.396 e. The third-order valence-corrected chi connectivity index (χ3v) is 5.32. The van der Waals surface area contributed by atoms with E-state index in [-0.39, 0.29) is 24.5 Å². The van der Waals surface area contributed by atoms with Gasteiger partial charge in [-0.25, -0.2) is 9.97 Å². The molecule has 1 aromatic rings. The lowest BCUT2D eigenvalue weighted by atomic mass is 9.83. The summed E-state index contributed by atoms with van der Waals surface area (Å²) in [6.07, 6.45) is 4.37. The van der Waals surface area contributed by atoms with E-state index in [4.69, 9.17) is 5.11 Å². The Kier molecular flexibility index (Phi) is 5.32. The summed E-state index contributed by atoms with van der Waals surface area (Å²) in [5, 5.41) is 9.06. The SMILES string of the molecule is Cc1ncc(C(=O)N2CCC3C(CCC(=O)N3CCCO)C2)c(C)n1. The Balaban J connectivity index is 1.70. The Labute approximate surface area is 148 Å². The van der Waals surface area contributed by atoms with E-state index >= 15 is 0 Å². The van der Waals surface area contributed by atoms with Crippen LogP contribution < -0.4 is 0 Å². The van der Waals surface area contributed by atoms with E-state index in [0.29, 0.717) is 55.5 Å². The van der Waals surface area contributed by atoms with Crippen LogP contribution in [-0.4, -0.2) is 69.0 Å². The molecule has 0 aliphatic carbocycles. The molecule has 1 aromatic heterocycles. The van der Waals surface area contributed by atoms with Gasteiger partial charge in [0.05, 0.1) is 11.3 Å². The fourth-order valence-corrected chi connectivity index (χ4v) is 4.03. The summed E-state index contributed by atoms with van der Waals surface area (Å²) >= 11 is 0. The predicted octanol–water partition coefficient (Wildman–Crippen LogP) is 0.929. The summed E-state index contributed by atoms with van der Waals surface area (Å²) < 4.78 is 0. The molecule has 0 saturated carbocycles. The van der Waals surface area contributed by atoms with Crippen molar-refractivity contribution in [3.63, 3.8) is 0 Å². The molecule has 136 valence electrons. The average Bonchev–Trinajstić information content (AvgIpc) is 2.60. The number of aliphatic hydroxyl groups excluding tert-OH is 1. The molecular weight excluding hydrogens is 320 g/mol. The van der Waals surface area contributed by atoms with E-state index in [0.717, 1.165) is 12.8 Å². The number of likely N-dealkylation sites (tertiary alicyclic amines) is 2. The number of carbonyl (C=O) groups excluding carboxylic acids is 2. The van der Waals surface area contributed by atoms with E-state index < -0.39 is 0 Å². The second-order valence-corrected chi connectivity index (χ2v) is 6.99. The molecular formula is C18H26N4O3. The van der Waals surface area contributed by atoms with Gasteiger partial charge in [-0.1, -0.05) is 0 Å².